The SMILES string of the molecule is Cc1cnc2[nH]cc(C(N)=O)c2c1. The van der Waals surface area contributed by atoms with E-state index in [2.05, 4.69) is 9.97 Å². The zero-order chi connectivity index (χ0) is 9.42. The molecule has 0 bridgehead atoms. The van der Waals surface area contributed by atoms with E-state index in [9.17, 15) is 4.79 Å². The Labute approximate surface area is 74.8 Å². The molecule has 2 rings (SSSR count). The molecule has 0 aromatic carbocycles. The number of hydrogen-bond acceptors (Lipinski definition) is 2. The Balaban J connectivity index is 2.79. The van der Waals surface area contributed by atoms with Gasteiger partial charge in [-0.15, -0.1) is 0 Å². The Morgan fingerprint density at radius 3 is 3.08 bits per heavy atom. The summed E-state index contributed by atoms with van der Waals surface area (Å²) in [5, 5.41) is 0.785. The summed E-state index contributed by atoms with van der Waals surface area (Å²) < 4.78 is 0. The van der Waals surface area contributed by atoms with E-state index >= 15 is 0 Å². The molecule has 13 heavy (non-hydrogen) atoms. The fourth-order valence-electron chi connectivity index (χ4n) is 1.31. The van der Waals surface area contributed by atoms with Crippen LogP contribution in [0.1, 0.15) is 15.9 Å². The van der Waals surface area contributed by atoms with Crippen molar-refractivity contribution in [1.29, 1.82) is 0 Å². The van der Waals surface area contributed by atoms with Crippen molar-refractivity contribution in [3.05, 3.63) is 29.6 Å². The maximum Gasteiger partial charge on any atom is 0.250 e. The van der Waals surface area contributed by atoms with Crippen LogP contribution in [-0.4, -0.2) is 15.9 Å². The average molecular weight is 175 g/mol. The molecule has 0 aliphatic rings. The second kappa shape index (κ2) is 2.58. The van der Waals surface area contributed by atoms with E-state index in [1.807, 2.05) is 13.0 Å². The van der Waals surface area contributed by atoms with E-state index in [1.54, 1.807) is 12.4 Å². The van der Waals surface area contributed by atoms with Gasteiger partial charge in [-0.1, -0.05) is 0 Å². The van der Waals surface area contributed by atoms with Crippen LogP contribution in [-0.2, 0) is 0 Å². The number of aryl methyl sites for hydroxylation is 1. The number of nitrogens with zero attached hydrogens (tertiary/aromatic N) is 1. The zero-order valence-electron chi connectivity index (χ0n) is 7.16. The molecule has 2 aromatic rings. The number of carbonyl (C=O) groups excluding carboxylic acids is 1. The molecule has 0 saturated heterocycles. The Hall–Kier alpha value is -1.84. The van der Waals surface area contributed by atoms with Crippen molar-refractivity contribution in [1.82, 2.24) is 9.97 Å². The van der Waals surface area contributed by atoms with Gasteiger partial charge in [0.15, 0.2) is 0 Å². The van der Waals surface area contributed by atoms with Crippen LogP contribution in [0.25, 0.3) is 11.0 Å². The molecule has 1 amide bonds. The molecular weight excluding hydrogens is 166 g/mol. The van der Waals surface area contributed by atoms with Gasteiger partial charge in [-0.3, -0.25) is 4.79 Å². The van der Waals surface area contributed by atoms with E-state index < -0.39 is 5.91 Å². The van der Waals surface area contributed by atoms with Crippen molar-refractivity contribution in [2.45, 2.75) is 6.92 Å². The first kappa shape index (κ1) is 7.79. The molecule has 66 valence electrons. The molecule has 0 spiro atoms. The number of nitrogens with one attached hydrogen (secondary N) is 1. The maximum atomic E-state index is 11.0. The summed E-state index contributed by atoms with van der Waals surface area (Å²) >= 11 is 0. The third-order valence-electron chi connectivity index (χ3n) is 1.93. The van der Waals surface area contributed by atoms with Crippen LogP contribution < -0.4 is 5.73 Å². The van der Waals surface area contributed by atoms with Gasteiger partial charge in [-0.25, -0.2) is 4.98 Å². The highest BCUT2D eigenvalue weighted by Crippen LogP contribution is 2.16. The number of rotatable bonds is 1. The number of pyridine rings is 1. The van der Waals surface area contributed by atoms with E-state index in [-0.39, 0.29) is 0 Å². The molecule has 0 aliphatic carbocycles. The van der Waals surface area contributed by atoms with Crippen molar-refractivity contribution in [3.8, 4) is 0 Å². The number of amides is 1. The van der Waals surface area contributed by atoms with Crippen molar-refractivity contribution in [2.24, 2.45) is 5.73 Å². The number of primary amides is 1. The van der Waals surface area contributed by atoms with Crippen molar-refractivity contribution < 1.29 is 4.79 Å². The third kappa shape index (κ3) is 1.16. The van der Waals surface area contributed by atoms with Crippen LogP contribution in [0.3, 0.4) is 0 Å². The standard InChI is InChI=1S/C9H9N3O/c1-5-2-6-7(8(10)13)4-12-9(6)11-3-5/h2-4H,1H3,(H2,10,13)(H,11,12). The minimum atomic E-state index is -0.432. The van der Waals surface area contributed by atoms with Crippen LogP contribution in [0.4, 0.5) is 0 Å². The molecule has 3 N–H and O–H groups in total. The normalized spacial score (nSPS) is 10.5. The minimum absolute atomic E-state index is 0.432. The Kier molecular flexibility index (Phi) is 1.55. The predicted octanol–water partition coefficient (Wildman–Crippen LogP) is 0.970. The van der Waals surface area contributed by atoms with E-state index in [0.717, 1.165) is 10.9 Å². The number of fused-ring (bicyclic) bond motifs is 1. The van der Waals surface area contributed by atoms with Gasteiger partial charge in [-0.05, 0) is 18.6 Å². The highest BCUT2D eigenvalue weighted by Gasteiger charge is 2.08. The van der Waals surface area contributed by atoms with E-state index in [1.165, 1.54) is 0 Å². The Bertz CT molecular complexity index is 473. The monoisotopic (exact) mass is 175 g/mol. The van der Waals surface area contributed by atoms with E-state index in [4.69, 9.17) is 5.73 Å². The molecule has 0 saturated carbocycles. The van der Waals surface area contributed by atoms with Crippen molar-refractivity contribution in [3.63, 3.8) is 0 Å². The largest absolute Gasteiger partial charge is 0.366 e. The number of aromatic amines is 1. The first-order valence-electron chi connectivity index (χ1n) is 3.92. The number of nitrogens with two attached hydrogens (primary N) is 1. The third-order valence-corrected chi connectivity index (χ3v) is 1.93. The average Bonchev–Trinajstić information content (AvgIpc) is 2.46. The van der Waals surface area contributed by atoms with Gasteiger partial charge < -0.3 is 10.7 Å². The summed E-state index contributed by atoms with van der Waals surface area (Å²) in [5.41, 5.74) is 7.38. The first-order chi connectivity index (χ1) is 6.18. The second-order valence-corrected chi connectivity index (χ2v) is 2.98. The quantitative estimate of drug-likeness (QED) is 0.677. The van der Waals surface area contributed by atoms with Crippen LogP contribution in [0, 0.1) is 6.92 Å². The minimum Gasteiger partial charge on any atom is -0.366 e. The smallest absolute Gasteiger partial charge is 0.250 e. The van der Waals surface area contributed by atoms with Crippen molar-refractivity contribution >= 4 is 16.9 Å². The number of H-pyrrole nitrogens is 1. The fourth-order valence-corrected chi connectivity index (χ4v) is 1.31. The van der Waals surface area contributed by atoms with Crippen LogP contribution in [0.2, 0.25) is 0 Å². The predicted molar refractivity (Wildman–Crippen MR) is 49.3 cm³/mol. The second-order valence-electron chi connectivity index (χ2n) is 2.98. The lowest BCUT2D eigenvalue weighted by Crippen LogP contribution is -2.09. The molecule has 2 heterocycles. The lowest BCUT2D eigenvalue weighted by atomic mass is 10.2. The molecule has 4 heteroatoms. The fraction of sp³-hybridized carbons (Fsp3) is 0.111. The summed E-state index contributed by atoms with van der Waals surface area (Å²) in [6.45, 7) is 1.92. The van der Waals surface area contributed by atoms with Gasteiger partial charge in [-0.2, -0.15) is 0 Å². The molecule has 0 radical (unpaired) electrons. The molecule has 0 aliphatic heterocycles. The molecule has 2 aromatic heterocycles. The van der Waals surface area contributed by atoms with E-state index in [0.29, 0.717) is 11.2 Å². The van der Waals surface area contributed by atoms with Gasteiger partial charge in [0.05, 0.1) is 5.56 Å². The highest BCUT2D eigenvalue weighted by atomic mass is 16.1. The van der Waals surface area contributed by atoms with Gasteiger partial charge >= 0.3 is 0 Å². The molecule has 0 fully saturated rings. The Morgan fingerprint density at radius 2 is 2.38 bits per heavy atom. The number of carbonyl (C=O) groups is 1. The van der Waals surface area contributed by atoms with Gasteiger partial charge in [0.2, 0.25) is 0 Å². The lowest BCUT2D eigenvalue weighted by Gasteiger charge is -1.93. The lowest BCUT2D eigenvalue weighted by molar-refractivity contribution is 0.100. The summed E-state index contributed by atoms with van der Waals surface area (Å²) in [6, 6.07) is 1.89. The molecule has 0 atom stereocenters. The summed E-state index contributed by atoms with van der Waals surface area (Å²) in [7, 11) is 0. The zero-order valence-corrected chi connectivity index (χ0v) is 7.16. The van der Waals surface area contributed by atoms with Gasteiger partial charge in [0, 0.05) is 17.8 Å². The van der Waals surface area contributed by atoms with Crippen molar-refractivity contribution in [2.75, 3.05) is 0 Å². The van der Waals surface area contributed by atoms with Crippen LogP contribution >= 0.6 is 0 Å². The van der Waals surface area contributed by atoms with Crippen LogP contribution in [0.5, 0.6) is 0 Å². The maximum absolute atomic E-state index is 11.0. The number of hydrogen-bond donors (Lipinski definition) is 2. The molecule has 0 unspecified atom stereocenters. The summed E-state index contributed by atoms with van der Waals surface area (Å²) in [4.78, 5) is 18.0. The first-order valence-corrected chi connectivity index (χ1v) is 3.92. The number of aromatic nitrogens is 2. The topological polar surface area (TPSA) is 71.8 Å². The molecule has 4 nitrogen and oxygen atoms in total. The van der Waals surface area contributed by atoms with Gasteiger partial charge in [0.25, 0.3) is 5.91 Å². The van der Waals surface area contributed by atoms with Gasteiger partial charge in [0.1, 0.15) is 5.65 Å². The molecular formula is C9H9N3O. The van der Waals surface area contributed by atoms with Crippen LogP contribution in [0.15, 0.2) is 18.5 Å². The summed E-state index contributed by atoms with van der Waals surface area (Å²) in [6.07, 6.45) is 3.32. The highest BCUT2D eigenvalue weighted by molar-refractivity contribution is 6.05. The Morgan fingerprint density at radius 1 is 1.62 bits per heavy atom. The summed E-state index contributed by atoms with van der Waals surface area (Å²) in [5.74, 6) is -0.432.